The molecule has 0 aliphatic heterocycles. The Balaban J connectivity index is 2.54. The lowest BCUT2D eigenvalue weighted by atomic mass is 10.1. The van der Waals surface area contributed by atoms with Crippen molar-refractivity contribution >= 4 is 31.9 Å². The second kappa shape index (κ2) is 5.89. The van der Waals surface area contributed by atoms with Crippen molar-refractivity contribution in [1.29, 1.82) is 0 Å². The molecule has 0 saturated carbocycles. The smallest absolute Gasteiger partial charge is 0.160 e. The third-order valence-electron chi connectivity index (χ3n) is 2.60. The summed E-state index contributed by atoms with van der Waals surface area (Å²) in [7, 11) is 0. The quantitative estimate of drug-likeness (QED) is 0.740. The zero-order chi connectivity index (χ0) is 13.1. The molecule has 1 heterocycles. The first-order valence-corrected chi connectivity index (χ1v) is 7.43. The summed E-state index contributed by atoms with van der Waals surface area (Å²) in [6.07, 6.45) is 2.61. The Hall–Kier alpha value is -0.810. The Morgan fingerprint density at radius 2 is 2.11 bits per heavy atom. The zero-order valence-corrected chi connectivity index (χ0v) is 12.9. The van der Waals surface area contributed by atoms with Crippen LogP contribution in [0.4, 0.5) is 4.39 Å². The molecule has 1 aromatic carbocycles. The van der Waals surface area contributed by atoms with E-state index in [2.05, 4.69) is 41.8 Å². The van der Waals surface area contributed by atoms with Crippen LogP contribution < -0.4 is 0 Å². The second-order valence-electron chi connectivity index (χ2n) is 3.78. The number of rotatable bonds is 3. The highest BCUT2D eigenvalue weighted by Gasteiger charge is 2.10. The van der Waals surface area contributed by atoms with Gasteiger partial charge in [0.05, 0.1) is 0 Å². The number of benzene rings is 1. The molecule has 0 radical (unpaired) electrons. The highest BCUT2D eigenvalue weighted by atomic mass is 79.9. The molecule has 2 rings (SSSR count). The fourth-order valence-electron chi connectivity index (χ4n) is 1.66. The number of hydrogen-bond donors (Lipinski definition) is 0. The van der Waals surface area contributed by atoms with Crippen LogP contribution in [-0.2, 0) is 11.8 Å². The average molecular weight is 374 g/mol. The van der Waals surface area contributed by atoms with E-state index in [0.717, 1.165) is 27.5 Å². The number of aryl methyl sites for hydroxylation is 1. The minimum absolute atomic E-state index is 0.292. The highest BCUT2D eigenvalue weighted by Crippen LogP contribution is 2.27. The van der Waals surface area contributed by atoms with Gasteiger partial charge in [-0.3, -0.25) is 0 Å². The van der Waals surface area contributed by atoms with Gasteiger partial charge in [-0.1, -0.05) is 38.8 Å². The summed E-state index contributed by atoms with van der Waals surface area (Å²) in [5, 5.41) is 0.723. The fraction of sp³-hybridized carbons (Fsp3) is 0.231. The predicted molar refractivity (Wildman–Crippen MR) is 77.1 cm³/mol. The van der Waals surface area contributed by atoms with Crippen LogP contribution in [0.1, 0.15) is 18.2 Å². The molecule has 0 fully saturated rings. The summed E-state index contributed by atoms with van der Waals surface area (Å²) in [5.74, 6) is 0.252. The van der Waals surface area contributed by atoms with Gasteiger partial charge in [0, 0.05) is 32.8 Å². The maximum absolute atomic E-state index is 13.3. The van der Waals surface area contributed by atoms with Crippen LogP contribution in [-0.4, -0.2) is 9.97 Å². The van der Waals surface area contributed by atoms with Gasteiger partial charge >= 0.3 is 0 Å². The summed E-state index contributed by atoms with van der Waals surface area (Å²) in [6, 6.07) is 4.51. The lowest BCUT2D eigenvalue weighted by Gasteiger charge is -2.08. The molecule has 0 spiro atoms. The van der Waals surface area contributed by atoms with Crippen molar-refractivity contribution in [3.8, 4) is 11.4 Å². The molecule has 0 amide bonds. The molecule has 5 heteroatoms. The lowest BCUT2D eigenvalue weighted by molar-refractivity contribution is 0.628. The molecule has 2 aromatic rings. The maximum atomic E-state index is 13.3. The summed E-state index contributed by atoms with van der Waals surface area (Å²) in [6.45, 7) is 2.04. The molecule has 0 saturated heterocycles. The normalized spacial score (nSPS) is 10.7. The van der Waals surface area contributed by atoms with E-state index >= 15 is 0 Å². The van der Waals surface area contributed by atoms with E-state index in [9.17, 15) is 4.39 Å². The Morgan fingerprint density at radius 3 is 2.78 bits per heavy atom. The van der Waals surface area contributed by atoms with Crippen LogP contribution in [0.2, 0.25) is 0 Å². The summed E-state index contributed by atoms with van der Waals surface area (Å²) < 4.78 is 14.1. The molecular weight excluding hydrogens is 363 g/mol. The van der Waals surface area contributed by atoms with E-state index in [1.54, 1.807) is 12.3 Å². The zero-order valence-electron chi connectivity index (χ0n) is 9.75. The van der Waals surface area contributed by atoms with Gasteiger partial charge < -0.3 is 0 Å². The Morgan fingerprint density at radius 1 is 1.33 bits per heavy atom. The number of hydrogen-bond acceptors (Lipinski definition) is 2. The monoisotopic (exact) mass is 372 g/mol. The van der Waals surface area contributed by atoms with E-state index in [1.165, 1.54) is 12.1 Å². The van der Waals surface area contributed by atoms with E-state index < -0.39 is 0 Å². The van der Waals surface area contributed by atoms with Crippen molar-refractivity contribution in [2.75, 3.05) is 0 Å². The molecule has 0 atom stereocenters. The Labute approximate surface area is 122 Å². The molecule has 18 heavy (non-hydrogen) atoms. The van der Waals surface area contributed by atoms with Gasteiger partial charge in [-0.25, -0.2) is 14.4 Å². The molecule has 2 nitrogen and oxygen atoms in total. The fourth-order valence-corrected chi connectivity index (χ4v) is 2.55. The molecule has 1 aromatic heterocycles. The largest absolute Gasteiger partial charge is 0.236 e. The van der Waals surface area contributed by atoms with Crippen LogP contribution in [0.15, 0.2) is 28.9 Å². The van der Waals surface area contributed by atoms with Crippen molar-refractivity contribution < 1.29 is 4.39 Å². The number of alkyl halides is 1. The van der Waals surface area contributed by atoms with Gasteiger partial charge in [0.1, 0.15) is 5.82 Å². The van der Waals surface area contributed by atoms with Crippen molar-refractivity contribution in [3.05, 3.63) is 45.9 Å². The average Bonchev–Trinajstić information content (AvgIpc) is 2.40. The van der Waals surface area contributed by atoms with E-state index in [0.29, 0.717) is 11.4 Å². The molecule has 0 aliphatic rings. The number of halogens is 3. The van der Waals surface area contributed by atoms with Crippen LogP contribution >= 0.6 is 31.9 Å². The molecule has 0 unspecified atom stereocenters. The standard InChI is InChI=1S/C13H11Br2FN2/c1-2-12-8(6-14)7-17-13(18-12)10-5-9(16)3-4-11(10)15/h3-5,7H,2,6H2,1H3. The summed E-state index contributed by atoms with van der Waals surface area (Å²) >= 11 is 6.80. The number of nitrogens with zero attached hydrogens (tertiary/aromatic N) is 2. The summed E-state index contributed by atoms with van der Waals surface area (Å²) in [5.41, 5.74) is 2.72. The van der Waals surface area contributed by atoms with Gasteiger partial charge in [-0.05, 0) is 24.6 Å². The Bertz CT molecular complexity index is 573. The minimum atomic E-state index is -0.292. The first-order chi connectivity index (χ1) is 8.65. The molecular formula is C13H11Br2FN2. The van der Waals surface area contributed by atoms with Crippen LogP contribution in [0.3, 0.4) is 0 Å². The first-order valence-electron chi connectivity index (χ1n) is 5.52. The van der Waals surface area contributed by atoms with E-state index in [4.69, 9.17) is 0 Å². The van der Waals surface area contributed by atoms with Crippen LogP contribution in [0.25, 0.3) is 11.4 Å². The van der Waals surface area contributed by atoms with Gasteiger partial charge in [-0.2, -0.15) is 0 Å². The van der Waals surface area contributed by atoms with Crippen LogP contribution in [0.5, 0.6) is 0 Å². The molecule has 0 aliphatic carbocycles. The Kier molecular flexibility index (Phi) is 4.45. The first kappa shape index (κ1) is 13.6. The van der Waals surface area contributed by atoms with Gasteiger partial charge in [-0.15, -0.1) is 0 Å². The van der Waals surface area contributed by atoms with E-state index in [1.807, 2.05) is 6.92 Å². The lowest BCUT2D eigenvalue weighted by Crippen LogP contribution is -2.00. The van der Waals surface area contributed by atoms with Gasteiger partial charge in [0.25, 0.3) is 0 Å². The molecule has 94 valence electrons. The molecule has 0 N–H and O–H groups in total. The molecule has 0 bridgehead atoms. The highest BCUT2D eigenvalue weighted by molar-refractivity contribution is 9.10. The number of aromatic nitrogens is 2. The van der Waals surface area contributed by atoms with Crippen molar-refractivity contribution in [1.82, 2.24) is 9.97 Å². The summed E-state index contributed by atoms with van der Waals surface area (Å²) in [4.78, 5) is 8.79. The van der Waals surface area contributed by atoms with Gasteiger partial charge in [0.15, 0.2) is 5.82 Å². The third-order valence-corrected chi connectivity index (χ3v) is 3.90. The van der Waals surface area contributed by atoms with Crippen molar-refractivity contribution in [2.24, 2.45) is 0 Å². The second-order valence-corrected chi connectivity index (χ2v) is 5.19. The third kappa shape index (κ3) is 2.78. The topological polar surface area (TPSA) is 25.8 Å². The maximum Gasteiger partial charge on any atom is 0.160 e. The van der Waals surface area contributed by atoms with Crippen LogP contribution in [0, 0.1) is 5.82 Å². The van der Waals surface area contributed by atoms with E-state index in [-0.39, 0.29) is 5.82 Å². The van der Waals surface area contributed by atoms with Gasteiger partial charge in [0.2, 0.25) is 0 Å². The van der Waals surface area contributed by atoms with Crippen molar-refractivity contribution in [2.45, 2.75) is 18.7 Å². The SMILES string of the molecule is CCc1nc(-c2cc(F)ccc2Br)ncc1CBr. The van der Waals surface area contributed by atoms with Crippen molar-refractivity contribution in [3.63, 3.8) is 0 Å². The predicted octanol–water partition coefficient (Wildman–Crippen LogP) is 4.50. The minimum Gasteiger partial charge on any atom is -0.236 e.